The van der Waals surface area contributed by atoms with Gasteiger partial charge in [-0.15, -0.1) is 0 Å². The molecule has 4 rings (SSSR count). The molecule has 2 heterocycles. The largest absolute Gasteiger partial charge is 0.367 e. The molecule has 1 aromatic rings. The van der Waals surface area contributed by atoms with Gasteiger partial charge in [0.2, 0.25) is 15.9 Å². The molecule has 3 fully saturated rings. The van der Waals surface area contributed by atoms with Crippen LogP contribution in [0, 0.1) is 5.92 Å². The summed E-state index contributed by atoms with van der Waals surface area (Å²) in [7, 11) is -3.14. The highest BCUT2D eigenvalue weighted by molar-refractivity contribution is 7.90. The van der Waals surface area contributed by atoms with Crippen LogP contribution in [0.1, 0.15) is 12.8 Å². The molecule has 136 valence electrons. The highest BCUT2D eigenvalue weighted by Gasteiger charge is 2.47. The van der Waals surface area contributed by atoms with E-state index in [2.05, 4.69) is 4.90 Å². The van der Waals surface area contributed by atoms with E-state index in [1.165, 1.54) is 4.31 Å². The van der Waals surface area contributed by atoms with Gasteiger partial charge in [0.05, 0.1) is 21.9 Å². The van der Waals surface area contributed by atoms with E-state index in [1.807, 2.05) is 29.2 Å². The predicted molar refractivity (Wildman–Crippen MR) is 97.2 cm³/mol. The van der Waals surface area contributed by atoms with Gasteiger partial charge in [-0.1, -0.05) is 23.7 Å². The van der Waals surface area contributed by atoms with Gasteiger partial charge in [0, 0.05) is 39.3 Å². The topological polar surface area (TPSA) is 60.9 Å². The first-order valence-corrected chi connectivity index (χ1v) is 10.6. The Bertz CT molecular complexity index is 767. The highest BCUT2D eigenvalue weighted by Crippen LogP contribution is 2.35. The van der Waals surface area contributed by atoms with Crippen LogP contribution in [0.4, 0.5) is 5.69 Å². The van der Waals surface area contributed by atoms with E-state index in [9.17, 15) is 13.2 Å². The fourth-order valence-corrected chi connectivity index (χ4v) is 5.70. The van der Waals surface area contributed by atoms with E-state index in [-0.39, 0.29) is 17.1 Å². The summed E-state index contributed by atoms with van der Waals surface area (Å²) in [5, 5.41) is 0.532. The maximum Gasteiger partial charge on any atom is 0.228 e. The Hall–Kier alpha value is -1.31. The summed E-state index contributed by atoms with van der Waals surface area (Å²) in [6.07, 6.45) is 1.53. The average Bonchev–Trinajstić information content (AvgIpc) is 3.39. The van der Waals surface area contributed by atoms with Crippen molar-refractivity contribution in [1.29, 1.82) is 0 Å². The fourth-order valence-electron chi connectivity index (χ4n) is 3.51. The maximum absolute atomic E-state index is 12.6. The van der Waals surface area contributed by atoms with Gasteiger partial charge in [-0.2, -0.15) is 4.31 Å². The zero-order chi connectivity index (χ0) is 17.6. The minimum atomic E-state index is -3.14. The lowest BCUT2D eigenvalue weighted by atomic mass is 10.0. The van der Waals surface area contributed by atoms with Gasteiger partial charge in [-0.25, -0.2) is 8.42 Å². The lowest BCUT2D eigenvalue weighted by molar-refractivity contribution is -0.139. The van der Waals surface area contributed by atoms with E-state index in [0.717, 1.165) is 36.6 Å². The molecule has 0 bridgehead atoms. The zero-order valence-corrected chi connectivity index (χ0v) is 15.5. The summed E-state index contributed by atoms with van der Waals surface area (Å²) < 4.78 is 25.7. The van der Waals surface area contributed by atoms with Crippen molar-refractivity contribution in [2.75, 3.05) is 44.2 Å². The number of benzene rings is 1. The van der Waals surface area contributed by atoms with Crippen LogP contribution in [0.2, 0.25) is 5.02 Å². The number of anilines is 1. The first kappa shape index (κ1) is 17.1. The highest BCUT2D eigenvalue weighted by atomic mass is 35.5. The van der Waals surface area contributed by atoms with E-state index in [0.29, 0.717) is 26.2 Å². The monoisotopic (exact) mass is 383 g/mol. The molecule has 0 unspecified atom stereocenters. The molecular formula is C17H22ClN3O3S. The molecule has 8 heteroatoms. The number of halogens is 1. The van der Waals surface area contributed by atoms with Crippen LogP contribution in [0.5, 0.6) is 0 Å². The molecule has 0 N–H and O–H groups in total. The number of amides is 1. The fraction of sp³-hybridized carbons (Fsp3) is 0.588. The van der Waals surface area contributed by atoms with E-state index >= 15 is 0 Å². The first-order chi connectivity index (χ1) is 12.0. The van der Waals surface area contributed by atoms with Gasteiger partial charge in [-0.05, 0) is 25.0 Å². The molecule has 25 heavy (non-hydrogen) atoms. The Balaban J connectivity index is 1.30. The number of carbonyl (C=O) groups excluding carboxylic acids is 1. The Labute approximate surface area is 153 Å². The zero-order valence-electron chi connectivity index (χ0n) is 14.0. The second-order valence-corrected chi connectivity index (χ2v) is 9.64. The minimum absolute atomic E-state index is 0.0843. The van der Waals surface area contributed by atoms with Gasteiger partial charge in [0.25, 0.3) is 0 Å². The molecule has 0 spiro atoms. The standard InChI is InChI=1S/C17H22ClN3O3S/c18-15-3-1-2-4-16(15)19-7-9-20(10-8-19)17(22)13-11-21(12-13)25(23,24)14-5-6-14/h1-4,13-14H,5-12H2. The van der Waals surface area contributed by atoms with Crippen LogP contribution in [-0.4, -0.2) is 68.0 Å². The summed E-state index contributed by atoms with van der Waals surface area (Å²) in [6.45, 7) is 3.48. The third kappa shape index (κ3) is 3.25. The van der Waals surface area contributed by atoms with Crippen molar-refractivity contribution in [3.8, 4) is 0 Å². The molecule has 1 aliphatic carbocycles. The summed E-state index contributed by atoms with van der Waals surface area (Å²) in [4.78, 5) is 16.7. The van der Waals surface area contributed by atoms with E-state index < -0.39 is 10.0 Å². The predicted octanol–water partition coefficient (Wildman–Crippen LogP) is 1.41. The van der Waals surface area contributed by atoms with Crippen LogP contribution in [0.15, 0.2) is 24.3 Å². The molecule has 2 aliphatic heterocycles. The Morgan fingerprint density at radius 1 is 1.04 bits per heavy atom. The molecule has 0 radical (unpaired) electrons. The average molecular weight is 384 g/mol. The molecule has 0 atom stereocenters. The minimum Gasteiger partial charge on any atom is -0.367 e. The van der Waals surface area contributed by atoms with Crippen LogP contribution in [-0.2, 0) is 14.8 Å². The third-order valence-electron chi connectivity index (χ3n) is 5.29. The van der Waals surface area contributed by atoms with Crippen LogP contribution in [0.25, 0.3) is 0 Å². The molecule has 0 aromatic heterocycles. The number of sulfonamides is 1. The van der Waals surface area contributed by atoms with Gasteiger partial charge >= 0.3 is 0 Å². The molecule has 6 nitrogen and oxygen atoms in total. The van der Waals surface area contributed by atoms with Gasteiger partial charge < -0.3 is 9.80 Å². The number of hydrogen-bond acceptors (Lipinski definition) is 4. The number of rotatable bonds is 4. The molecule has 2 saturated heterocycles. The quantitative estimate of drug-likeness (QED) is 0.788. The van der Waals surface area contributed by atoms with Gasteiger partial charge in [-0.3, -0.25) is 4.79 Å². The van der Waals surface area contributed by atoms with Crippen molar-refractivity contribution in [2.24, 2.45) is 5.92 Å². The third-order valence-corrected chi connectivity index (χ3v) is 7.94. The van der Waals surface area contributed by atoms with Crippen molar-refractivity contribution in [2.45, 2.75) is 18.1 Å². The van der Waals surface area contributed by atoms with Crippen LogP contribution < -0.4 is 4.90 Å². The Kier molecular flexibility index (Phi) is 4.42. The second-order valence-electron chi connectivity index (χ2n) is 7.02. The second kappa shape index (κ2) is 6.45. The number of hydrogen-bond donors (Lipinski definition) is 0. The van der Waals surface area contributed by atoms with Crippen LogP contribution in [0.3, 0.4) is 0 Å². The first-order valence-electron chi connectivity index (χ1n) is 8.74. The normalized spacial score (nSPS) is 22.8. The number of piperazine rings is 1. The van der Waals surface area contributed by atoms with E-state index in [4.69, 9.17) is 11.6 Å². The maximum atomic E-state index is 12.6. The van der Waals surface area contributed by atoms with Crippen molar-refractivity contribution in [3.63, 3.8) is 0 Å². The summed E-state index contributed by atoms with van der Waals surface area (Å²) in [5.74, 6) is -0.0959. The van der Waals surface area contributed by atoms with Crippen molar-refractivity contribution >= 4 is 33.2 Å². The lowest BCUT2D eigenvalue weighted by Crippen LogP contribution is -2.59. The molecule has 3 aliphatic rings. The summed E-state index contributed by atoms with van der Waals surface area (Å²) >= 11 is 6.24. The number of para-hydroxylation sites is 1. The summed E-state index contributed by atoms with van der Waals surface area (Å²) in [6, 6.07) is 7.73. The number of carbonyl (C=O) groups is 1. The smallest absolute Gasteiger partial charge is 0.228 e. The molecular weight excluding hydrogens is 362 g/mol. The summed E-state index contributed by atoms with van der Waals surface area (Å²) in [5.41, 5.74) is 1.00. The van der Waals surface area contributed by atoms with E-state index in [1.54, 1.807) is 0 Å². The Morgan fingerprint density at radius 2 is 1.68 bits per heavy atom. The molecule has 1 amide bonds. The van der Waals surface area contributed by atoms with Crippen molar-refractivity contribution in [3.05, 3.63) is 29.3 Å². The van der Waals surface area contributed by atoms with Crippen molar-refractivity contribution in [1.82, 2.24) is 9.21 Å². The van der Waals surface area contributed by atoms with Crippen LogP contribution >= 0.6 is 11.6 Å². The number of nitrogens with zero attached hydrogens (tertiary/aromatic N) is 3. The van der Waals surface area contributed by atoms with Gasteiger partial charge in [0.15, 0.2) is 0 Å². The van der Waals surface area contributed by atoms with Gasteiger partial charge in [0.1, 0.15) is 0 Å². The van der Waals surface area contributed by atoms with Crippen molar-refractivity contribution < 1.29 is 13.2 Å². The lowest BCUT2D eigenvalue weighted by Gasteiger charge is -2.42. The molecule has 1 saturated carbocycles. The molecule has 1 aromatic carbocycles. The SMILES string of the molecule is O=C(C1CN(S(=O)(=O)C2CC2)C1)N1CCN(c2ccccc2Cl)CC1. The Morgan fingerprint density at radius 3 is 2.28 bits per heavy atom.